The maximum Gasteiger partial charge on any atom is 0.294 e. The zero-order valence-electron chi connectivity index (χ0n) is 12.2. The molecule has 0 aliphatic carbocycles. The van der Waals surface area contributed by atoms with Crippen LogP contribution in [0.25, 0.3) is 10.9 Å². The predicted molar refractivity (Wildman–Crippen MR) is 87.6 cm³/mol. The van der Waals surface area contributed by atoms with E-state index in [1.807, 2.05) is 18.2 Å². The molecular formula is C17H9N5O2. The lowest BCUT2D eigenvalue weighted by Gasteiger charge is -2.10. The van der Waals surface area contributed by atoms with Gasteiger partial charge in [-0.25, -0.2) is 0 Å². The van der Waals surface area contributed by atoms with E-state index < -0.39 is 4.92 Å². The number of nitrogens with zero attached hydrogens (tertiary/aromatic N) is 4. The number of fused-ring (bicyclic) bond motifs is 1. The van der Waals surface area contributed by atoms with E-state index in [0.717, 1.165) is 17.0 Å². The molecule has 0 spiro atoms. The van der Waals surface area contributed by atoms with Crippen LogP contribution < -0.4 is 5.32 Å². The van der Waals surface area contributed by atoms with Crippen molar-refractivity contribution >= 4 is 28.0 Å². The average Bonchev–Trinajstić information content (AvgIpc) is 2.61. The molecule has 1 heterocycles. The van der Waals surface area contributed by atoms with E-state index in [0.29, 0.717) is 5.69 Å². The number of rotatable bonds is 3. The number of nitro benzene ring substituents is 1. The Kier molecular flexibility index (Phi) is 3.76. The van der Waals surface area contributed by atoms with Gasteiger partial charge >= 0.3 is 0 Å². The minimum absolute atomic E-state index is 0.0330. The zero-order chi connectivity index (χ0) is 17.1. The SMILES string of the molecule is N#Cc1cc(Nc2cccc3ncccc23)c([N+](=O)[O-])cc1C#N. The summed E-state index contributed by atoms with van der Waals surface area (Å²) in [6.07, 6.45) is 1.66. The highest BCUT2D eigenvalue weighted by molar-refractivity contribution is 5.94. The van der Waals surface area contributed by atoms with Crippen molar-refractivity contribution in [2.24, 2.45) is 0 Å². The Bertz CT molecular complexity index is 1040. The van der Waals surface area contributed by atoms with E-state index in [4.69, 9.17) is 10.5 Å². The van der Waals surface area contributed by atoms with Crippen LogP contribution in [-0.2, 0) is 0 Å². The molecule has 0 aliphatic rings. The topological polar surface area (TPSA) is 116 Å². The van der Waals surface area contributed by atoms with Gasteiger partial charge in [0.1, 0.15) is 17.8 Å². The fourth-order valence-electron chi connectivity index (χ4n) is 2.38. The first kappa shape index (κ1) is 14.9. The third-order valence-corrected chi connectivity index (χ3v) is 3.49. The van der Waals surface area contributed by atoms with Crippen molar-refractivity contribution in [3.8, 4) is 12.1 Å². The van der Waals surface area contributed by atoms with Gasteiger partial charge in [-0.3, -0.25) is 15.1 Å². The molecule has 3 rings (SSSR count). The molecule has 0 saturated heterocycles. The Morgan fingerprint density at radius 3 is 2.50 bits per heavy atom. The molecule has 7 heteroatoms. The Labute approximate surface area is 136 Å². The summed E-state index contributed by atoms with van der Waals surface area (Å²) >= 11 is 0. The van der Waals surface area contributed by atoms with Crippen LogP contribution >= 0.6 is 0 Å². The van der Waals surface area contributed by atoms with Gasteiger partial charge < -0.3 is 5.32 Å². The van der Waals surface area contributed by atoms with Crippen LogP contribution in [0.5, 0.6) is 0 Å². The summed E-state index contributed by atoms with van der Waals surface area (Å²) in [5, 5.41) is 33.2. The molecule has 114 valence electrons. The first-order chi connectivity index (χ1) is 11.6. The second-order valence-electron chi connectivity index (χ2n) is 4.90. The lowest BCUT2D eigenvalue weighted by Crippen LogP contribution is -2.00. The van der Waals surface area contributed by atoms with E-state index in [1.165, 1.54) is 6.07 Å². The average molecular weight is 315 g/mol. The number of nitro groups is 1. The van der Waals surface area contributed by atoms with Crippen molar-refractivity contribution in [3.63, 3.8) is 0 Å². The van der Waals surface area contributed by atoms with Crippen molar-refractivity contribution in [2.45, 2.75) is 0 Å². The van der Waals surface area contributed by atoms with Crippen LogP contribution in [0.1, 0.15) is 11.1 Å². The maximum atomic E-state index is 11.3. The van der Waals surface area contributed by atoms with Crippen LogP contribution in [0.3, 0.4) is 0 Å². The van der Waals surface area contributed by atoms with Crippen molar-refractivity contribution < 1.29 is 4.92 Å². The molecule has 0 aliphatic heterocycles. The van der Waals surface area contributed by atoms with Gasteiger partial charge in [-0.15, -0.1) is 0 Å². The van der Waals surface area contributed by atoms with Crippen molar-refractivity contribution in [3.05, 3.63) is 69.9 Å². The third-order valence-electron chi connectivity index (χ3n) is 3.49. The summed E-state index contributed by atoms with van der Waals surface area (Å²) in [4.78, 5) is 14.9. The molecule has 0 unspecified atom stereocenters. The summed E-state index contributed by atoms with van der Waals surface area (Å²) in [6, 6.07) is 15.1. The number of hydrogen-bond acceptors (Lipinski definition) is 6. The first-order valence-corrected chi connectivity index (χ1v) is 6.87. The van der Waals surface area contributed by atoms with Gasteiger partial charge in [0.2, 0.25) is 0 Å². The van der Waals surface area contributed by atoms with Gasteiger partial charge in [-0.2, -0.15) is 10.5 Å². The summed E-state index contributed by atoms with van der Waals surface area (Å²) in [5.74, 6) is 0. The van der Waals surface area contributed by atoms with Crippen molar-refractivity contribution in [2.75, 3.05) is 5.32 Å². The van der Waals surface area contributed by atoms with Gasteiger partial charge in [0.25, 0.3) is 5.69 Å². The Morgan fingerprint density at radius 1 is 1.04 bits per heavy atom. The molecule has 0 saturated carbocycles. The number of hydrogen-bond donors (Lipinski definition) is 1. The monoisotopic (exact) mass is 315 g/mol. The van der Waals surface area contributed by atoms with Crippen molar-refractivity contribution in [1.82, 2.24) is 4.98 Å². The zero-order valence-corrected chi connectivity index (χ0v) is 12.2. The van der Waals surface area contributed by atoms with E-state index in [9.17, 15) is 10.1 Å². The van der Waals surface area contributed by atoms with Crippen LogP contribution in [0, 0.1) is 32.8 Å². The summed E-state index contributed by atoms with van der Waals surface area (Å²) in [6.45, 7) is 0. The van der Waals surface area contributed by atoms with Crippen LogP contribution in [0.15, 0.2) is 48.7 Å². The van der Waals surface area contributed by atoms with E-state index >= 15 is 0 Å². The Hall–Kier alpha value is -3.97. The predicted octanol–water partition coefficient (Wildman–Crippen LogP) is 3.63. The fourth-order valence-corrected chi connectivity index (χ4v) is 2.38. The van der Waals surface area contributed by atoms with E-state index in [1.54, 1.807) is 30.5 Å². The Morgan fingerprint density at radius 2 is 1.79 bits per heavy atom. The Balaban J connectivity index is 2.17. The fraction of sp³-hybridized carbons (Fsp3) is 0. The summed E-state index contributed by atoms with van der Waals surface area (Å²) < 4.78 is 0. The van der Waals surface area contributed by atoms with Gasteiger partial charge in [-0.05, 0) is 30.3 Å². The second-order valence-corrected chi connectivity index (χ2v) is 4.90. The standard InChI is InChI=1S/C17H9N5O2/c18-9-11-7-16(17(22(23)24)8-12(11)10-19)21-15-5-1-4-14-13(15)3-2-6-20-14/h1-8,21H. The number of nitriles is 2. The molecule has 0 atom stereocenters. The molecule has 0 fully saturated rings. The van der Waals surface area contributed by atoms with Crippen molar-refractivity contribution in [1.29, 1.82) is 10.5 Å². The lowest BCUT2D eigenvalue weighted by molar-refractivity contribution is -0.383. The highest BCUT2D eigenvalue weighted by atomic mass is 16.6. The van der Waals surface area contributed by atoms with Crippen LogP contribution in [0.2, 0.25) is 0 Å². The number of pyridine rings is 1. The van der Waals surface area contributed by atoms with Gasteiger partial charge in [0, 0.05) is 23.3 Å². The second kappa shape index (κ2) is 6.03. The molecule has 0 radical (unpaired) electrons. The molecular weight excluding hydrogens is 306 g/mol. The van der Waals surface area contributed by atoms with Gasteiger partial charge in [-0.1, -0.05) is 6.07 Å². The minimum Gasteiger partial charge on any atom is -0.349 e. The molecule has 0 amide bonds. The molecule has 24 heavy (non-hydrogen) atoms. The summed E-state index contributed by atoms with van der Waals surface area (Å²) in [7, 11) is 0. The first-order valence-electron chi connectivity index (χ1n) is 6.87. The molecule has 1 N–H and O–H groups in total. The molecule has 1 aromatic heterocycles. The largest absolute Gasteiger partial charge is 0.349 e. The van der Waals surface area contributed by atoms with E-state index in [2.05, 4.69) is 10.3 Å². The number of nitrogens with one attached hydrogen (secondary N) is 1. The number of benzene rings is 2. The maximum absolute atomic E-state index is 11.3. The highest BCUT2D eigenvalue weighted by Crippen LogP contribution is 2.33. The number of anilines is 2. The normalized spacial score (nSPS) is 9.92. The smallest absolute Gasteiger partial charge is 0.294 e. The van der Waals surface area contributed by atoms with Gasteiger partial charge in [0.05, 0.1) is 21.6 Å². The quantitative estimate of drug-likeness (QED) is 0.582. The van der Waals surface area contributed by atoms with Gasteiger partial charge in [0.15, 0.2) is 0 Å². The van der Waals surface area contributed by atoms with E-state index in [-0.39, 0.29) is 22.5 Å². The third kappa shape index (κ3) is 2.58. The summed E-state index contributed by atoms with van der Waals surface area (Å²) in [5.41, 5.74) is 1.27. The molecule has 0 bridgehead atoms. The molecule has 2 aromatic carbocycles. The highest BCUT2D eigenvalue weighted by Gasteiger charge is 2.19. The lowest BCUT2D eigenvalue weighted by atomic mass is 10.1. The van der Waals surface area contributed by atoms with Crippen LogP contribution in [0.4, 0.5) is 17.1 Å². The van der Waals surface area contributed by atoms with Crippen LogP contribution in [-0.4, -0.2) is 9.91 Å². The molecule has 3 aromatic rings. The minimum atomic E-state index is -0.590. The number of aromatic nitrogens is 1. The molecule has 7 nitrogen and oxygen atoms in total.